The molecule has 0 saturated heterocycles. The van der Waals surface area contributed by atoms with Crippen LogP contribution in [0.15, 0.2) is 103 Å². The Kier molecular flexibility index (Phi) is 7.17. The Labute approximate surface area is 214 Å². The third-order valence-electron chi connectivity index (χ3n) is 5.13. The van der Waals surface area contributed by atoms with Crippen molar-refractivity contribution in [2.24, 2.45) is 0 Å². The van der Waals surface area contributed by atoms with E-state index in [0.717, 1.165) is 23.5 Å². The standard InChI is InChI=1S/C27H17F3N4.Pt/c28-27(29,30)21-10-7-9-20(19-21)24-15-8-16-25(31-24)34(23-13-5-2-6-14-23)26-17-18-33(32-26)22-11-3-1-4-12-22;/h1-8,10-11,13-19H;/q-2;+2. The number of hydrogen-bond donors (Lipinski definition) is 0. The fourth-order valence-corrected chi connectivity index (χ4v) is 3.54. The van der Waals surface area contributed by atoms with Gasteiger partial charge in [0.05, 0.1) is 0 Å². The number of benzene rings is 3. The maximum atomic E-state index is 13.2. The summed E-state index contributed by atoms with van der Waals surface area (Å²) in [6.45, 7) is 0. The summed E-state index contributed by atoms with van der Waals surface area (Å²) >= 11 is 0. The first kappa shape index (κ1) is 24.4. The van der Waals surface area contributed by atoms with Crippen LogP contribution in [0.4, 0.5) is 30.5 Å². The normalized spacial score (nSPS) is 11.1. The molecule has 3 aromatic carbocycles. The topological polar surface area (TPSA) is 34.0 Å². The quantitative estimate of drug-likeness (QED) is 0.192. The van der Waals surface area contributed by atoms with Crippen LogP contribution < -0.4 is 4.90 Å². The summed E-state index contributed by atoms with van der Waals surface area (Å²) in [7, 11) is 0. The van der Waals surface area contributed by atoms with Gasteiger partial charge < -0.3 is 0 Å². The molecule has 0 N–H and O–H groups in total. The van der Waals surface area contributed by atoms with Crippen LogP contribution in [-0.2, 0) is 27.2 Å². The molecule has 35 heavy (non-hydrogen) atoms. The van der Waals surface area contributed by atoms with Crippen LogP contribution in [0.5, 0.6) is 0 Å². The molecule has 8 heteroatoms. The number of aromatic nitrogens is 3. The van der Waals surface area contributed by atoms with E-state index >= 15 is 0 Å². The van der Waals surface area contributed by atoms with Crippen molar-refractivity contribution < 1.29 is 34.2 Å². The summed E-state index contributed by atoms with van der Waals surface area (Å²) in [5.41, 5.74) is 1.48. The molecule has 0 aliphatic carbocycles. The summed E-state index contributed by atoms with van der Waals surface area (Å²) in [6.07, 6.45) is -2.62. The Hall–Kier alpha value is -3.70. The Morgan fingerprint density at radius 1 is 0.771 bits per heavy atom. The van der Waals surface area contributed by atoms with E-state index in [1.165, 1.54) is 6.07 Å². The fourth-order valence-electron chi connectivity index (χ4n) is 3.54. The van der Waals surface area contributed by atoms with Crippen LogP contribution in [0.3, 0.4) is 0 Å². The summed E-state index contributed by atoms with van der Waals surface area (Å²) in [4.78, 5) is 6.52. The van der Waals surface area contributed by atoms with E-state index in [0.29, 0.717) is 17.3 Å². The maximum absolute atomic E-state index is 13.2. The van der Waals surface area contributed by atoms with Crippen molar-refractivity contribution in [1.82, 2.24) is 14.8 Å². The van der Waals surface area contributed by atoms with Gasteiger partial charge in [0.15, 0.2) is 5.82 Å². The third-order valence-corrected chi connectivity index (χ3v) is 5.13. The first-order chi connectivity index (χ1) is 16.5. The first-order valence-corrected chi connectivity index (χ1v) is 10.4. The summed E-state index contributed by atoms with van der Waals surface area (Å²) in [5.74, 6) is 1.11. The minimum absolute atomic E-state index is 0. The summed E-state index contributed by atoms with van der Waals surface area (Å²) in [6, 6.07) is 33.4. The van der Waals surface area contributed by atoms with Crippen molar-refractivity contribution in [2.45, 2.75) is 6.18 Å². The first-order valence-electron chi connectivity index (χ1n) is 10.4. The van der Waals surface area contributed by atoms with E-state index in [9.17, 15) is 13.2 Å². The van der Waals surface area contributed by atoms with E-state index in [1.807, 2.05) is 71.8 Å². The Balaban J connectivity index is 0.00000289. The molecule has 0 atom stereocenters. The van der Waals surface area contributed by atoms with Crippen LogP contribution in [0.1, 0.15) is 5.56 Å². The monoisotopic (exact) mass is 649 g/mol. The summed E-state index contributed by atoms with van der Waals surface area (Å²) in [5, 5.41) is 4.70. The van der Waals surface area contributed by atoms with E-state index < -0.39 is 11.7 Å². The molecule has 0 bridgehead atoms. The minimum atomic E-state index is -4.45. The van der Waals surface area contributed by atoms with Crippen molar-refractivity contribution in [3.63, 3.8) is 0 Å². The second-order valence-electron chi connectivity index (χ2n) is 7.41. The molecule has 0 radical (unpaired) electrons. The van der Waals surface area contributed by atoms with Crippen molar-refractivity contribution in [3.8, 4) is 16.9 Å². The smallest absolute Gasteiger partial charge is 0.280 e. The molecule has 0 spiro atoms. The number of halogens is 3. The van der Waals surface area contributed by atoms with Gasteiger partial charge in [0.1, 0.15) is 5.82 Å². The van der Waals surface area contributed by atoms with Gasteiger partial charge in [-0.3, -0.25) is 14.6 Å². The van der Waals surface area contributed by atoms with Gasteiger partial charge in [-0.15, -0.1) is 35.9 Å². The predicted octanol–water partition coefficient (Wildman–Crippen LogP) is 7.02. The van der Waals surface area contributed by atoms with E-state index in [1.54, 1.807) is 22.9 Å². The average molecular weight is 650 g/mol. The number of para-hydroxylation sites is 2. The van der Waals surface area contributed by atoms with Crippen LogP contribution in [-0.4, -0.2) is 14.8 Å². The molecule has 0 amide bonds. The van der Waals surface area contributed by atoms with Gasteiger partial charge in [-0.2, -0.15) is 42.5 Å². The average Bonchev–Trinajstić information content (AvgIpc) is 3.35. The Bertz CT molecular complexity index is 1400. The van der Waals surface area contributed by atoms with Crippen molar-refractivity contribution in [2.75, 3.05) is 4.90 Å². The van der Waals surface area contributed by atoms with Crippen LogP contribution in [0.25, 0.3) is 16.9 Å². The number of pyridine rings is 1. The zero-order chi connectivity index (χ0) is 23.5. The number of alkyl halides is 3. The number of nitrogens with zero attached hydrogens (tertiary/aromatic N) is 4. The molecular weight excluding hydrogens is 632 g/mol. The fraction of sp³-hybridized carbons (Fsp3) is 0.0370. The molecule has 4 nitrogen and oxygen atoms in total. The molecule has 2 aromatic heterocycles. The van der Waals surface area contributed by atoms with Crippen molar-refractivity contribution in [1.29, 1.82) is 0 Å². The molecular formula is C27H17F3N4Pt. The van der Waals surface area contributed by atoms with Gasteiger partial charge in [0, 0.05) is 18.0 Å². The molecule has 5 aromatic rings. The molecule has 5 rings (SSSR count). The van der Waals surface area contributed by atoms with Crippen LogP contribution in [0.2, 0.25) is 0 Å². The SMILES string of the molecule is FC(F)(F)c1cc[c-]c(-c2cccc(N(c3ccccc3)c3ccn(-c4[c-]cccc4)n3)n2)c1.[Pt+2]. The summed E-state index contributed by atoms with van der Waals surface area (Å²) < 4.78 is 41.4. The molecule has 0 aliphatic heterocycles. The molecule has 0 unspecified atom stereocenters. The maximum Gasteiger partial charge on any atom is 2.00 e. The molecule has 0 saturated carbocycles. The van der Waals surface area contributed by atoms with E-state index in [-0.39, 0.29) is 26.6 Å². The predicted molar refractivity (Wildman–Crippen MR) is 124 cm³/mol. The van der Waals surface area contributed by atoms with E-state index in [4.69, 9.17) is 5.10 Å². The second-order valence-corrected chi connectivity index (χ2v) is 7.41. The number of rotatable bonds is 5. The van der Waals surface area contributed by atoms with Crippen molar-refractivity contribution >= 4 is 17.3 Å². The van der Waals surface area contributed by atoms with Crippen LogP contribution >= 0.6 is 0 Å². The third kappa shape index (κ3) is 5.36. The minimum Gasteiger partial charge on any atom is -0.280 e. The van der Waals surface area contributed by atoms with Gasteiger partial charge >= 0.3 is 27.2 Å². The zero-order valence-electron chi connectivity index (χ0n) is 18.1. The number of anilines is 3. The van der Waals surface area contributed by atoms with Gasteiger partial charge in [-0.25, -0.2) is 0 Å². The molecule has 2 heterocycles. The number of hydrogen-bond acceptors (Lipinski definition) is 3. The van der Waals surface area contributed by atoms with Crippen LogP contribution in [0, 0.1) is 12.1 Å². The Morgan fingerprint density at radius 2 is 1.57 bits per heavy atom. The molecule has 0 fully saturated rings. The van der Waals surface area contributed by atoms with Gasteiger partial charge in [-0.1, -0.05) is 30.3 Å². The molecule has 0 aliphatic rings. The van der Waals surface area contributed by atoms with Gasteiger partial charge in [0.25, 0.3) is 0 Å². The second kappa shape index (κ2) is 10.3. The zero-order valence-corrected chi connectivity index (χ0v) is 20.3. The largest absolute Gasteiger partial charge is 2.00 e. The van der Waals surface area contributed by atoms with Gasteiger partial charge in [-0.05, 0) is 35.1 Å². The Morgan fingerprint density at radius 3 is 2.31 bits per heavy atom. The van der Waals surface area contributed by atoms with E-state index in [2.05, 4.69) is 17.1 Å². The van der Waals surface area contributed by atoms with Gasteiger partial charge in [0.2, 0.25) is 0 Å². The molecule has 176 valence electrons. The van der Waals surface area contributed by atoms with Crippen molar-refractivity contribution in [3.05, 3.63) is 121 Å².